The number of nitrogens with two attached hydrogens (primary N) is 1. The van der Waals surface area contributed by atoms with E-state index in [9.17, 15) is 18.7 Å². The zero-order valence-electron chi connectivity index (χ0n) is 20.5. The lowest BCUT2D eigenvalue weighted by Gasteiger charge is -2.34. The number of fused-ring (bicyclic) bond motifs is 1. The van der Waals surface area contributed by atoms with Crippen LogP contribution in [0.1, 0.15) is 34.8 Å². The fourth-order valence-electron chi connectivity index (χ4n) is 4.75. The molecule has 5 rings (SSSR count). The summed E-state index contributed by atoms with van der Waals surface area (Å²) in [5.74, 6) is -1.87. The van der Waals surface area contributed by atoms with Crippen molar-refractivity contribution in [3.05, 3.63) is 84.2 Å². The normalized spacial score (nSPS) is 16.9. The van der Waals surface area contributed by atoms with Crippen LogP contribution in [0.5, 0.6) is 0 Å². The van der Waals surface area contributed by atoms with Crippen LogP contribution in [0.15, 0.2) is 61.4 Å². The summed E-state index contributed by atoms with van der Waals surface area (Å²) in [6.45, 7) is 5.15. The highest BCUT2D eigenvalue weighted by molar-refractivity contribution is 5.98. The summed E-state index contributed by atoms with van der Waals surface area (Å²) in [5, 5.41) is 18.4. The Bertz CT molecular complexity index is 1490. The van der Waals surface area contributed by atoms with Crippen LogP contribution < -0.4 is 11.1 Å². The number of hydrogen-bond donors (Lipinski definition) is 3. The molecule has 1 amide bonds. The molecule has 4 aromatic rings. The van der Waals surface area contributed by atoms with Gasteiger partial charge in [0.05, 0.1) is 17.0 Å². The van der Waals surface area contributed by atoms with Crippen molar-refractivity contribution >= 4 is 22.8 Å². The first-order valence-corrected chi connectivity index (χ1v) is 12.2. The molecular formula is C27H27F2N7O2. The van der Waals surface area contributed by atoms with Gasteiger partial charge in [-0.15, -0.1) is 0 Å². The molecule has 11 heteroatoms. The quantitative estimate of drug-likeness (QED) is 0.320. The Morgan fingerprint density at radius 2 is 2.03 bits per heavy atom. The Labute approximate surface area is 217 Å². The molecule has 196 valence electrons. The molecule has 38 heavy (non-hydrogen) atoms. The van der Waals surface area contributed by atoms with E-state index in [0.717, 1.165) is 48.7 Å². The lowest BCUT2D eigenvalue weighted by molar-refractivity contribution is 0.0126. The van der Waals surface area contributed by atoms with Crippen LogP contribution in [0.4, 0.5) is 14.6 Å². The number of piperidine rings is 1. The number of aromatic nitrogens is 4. The highest BCUT2D eigenvalue weighted by Gasteiger charge is 2.28. The van der Waals surface area contributed by atoms with Crippen LogP contribution in [-0.2, 0) is 6.54 Å². The van der Waals surface area contributed by atoms with Gasteiger partial charge in [0.15, 0.2) is 5.65 Å². The number of likely N-dealkylation sites (tertiary alicyclic amines) is 1. The fourth-order valence-corrected chi connectivity index (χ4v) is 4.75. The molecule has 1 aliphatic rings. The lowest BCUT2D eigenvalue weighted by atomic mass is 10.1. The molecule has 0 radical (unpaired) electrons. The van der Waals surface area contributed by atoms with E-state index in [1.54, 1.807) is 0 Å². The number of amides is 1. The predicted octanol–water partition coefficient (Wildman–Crippen LogP) is 3.43. The maximum absolute atomic E-state index is 13.9. The second-order valence-corrected chi connectivity index (χ2v) is 9.19. The first-order chi connectivity index (χ1) is 18.4. The van der Waals surface area contributed by atoms with E-state index in [1.807, 2.05) is 33.8 Å². The van der Waals surface area contributed by atoms with Crippen LogP contribution in [0, 0.1) is 11.6 Å². The molecule has 9 nitrogen and oxygen atoms in total. The molecule has 0 saturated carbocycles. The Balaban J connectivity index is 1.39. The van der Waals surface area contributed by atoms with Crippen LogP contribution in [0.2, 0.25) is 0 Å². The third-order valence-electron chi connectivity index (χ3n) is 6.73. The number of rotatable bonds is 7. The van der Waals surface area contributed by atoms with Crippen molar-refractivity contribution in [2.24, 2.45) is 0 Å². The number of nitrogens with one attached hydrogen (secondary N) is 1. The average Bonchev–Trinajstić information content (AvgIpc) is 3.34. The van der Waals surface area contributed by atoms with Crippen molar-refractivity contribution < 1.29 is 18.7 Å². The number of nitrogen functional groups attached to an aromatic ring is 1. The Morgan fingerprint density at radius 3 is 2.79 bits per heavy atom. The van der Waals surface area contributed by atoms with E-state index in [4.69, 9.17) is 10.8 Å². The zero-order valence-corrected chi connectivity index (χ0v) is 20.5. The average molecular weight is 520 g/mol. The summed E-state index contributed by atoms with van der Waals surface area (Å²) < 4.78 is 29.2. The molecule has 2 aromatic heterocycles. The van der Waals surface area contributed by atoms with Crippen molar-refractivity contribution in [2.45, 2.75) is 31.7 Å². The van der Waals surface area contributed by atoms with Crippen molar-refractivity contribution in [1.82, 2.24) is 30.0 Å². The van der Waals surface area contributed by atoms with Crippen LogP contribution >= 0.6 is 0 Å². The highest BCUT2D eigenvalue weighted by atomic mass is 19.1. The summed E-state index contributed by atoms with van der Waals surface area (Å²) in [6.07, 6.45) is 3.93. The van der Waals surface area contributed by atoms with Gasteiger partial charge in [0.2, 0.25) is 0 Å². The van der Waals surface area contributed by atoms with Gasteiger partial charge in [-0.1, -0.05) is 30.8 Å². The number of benzene rings is 2. The number of hydrogen-bond acceptors (Lipinski definition) is 7. The van der Waals surface area contributed by atoms with E-state index in [2.05, 4.69) is 21.9 Å². The lowest BCUT2D eigenvalue weighted by Crippen LogP contribution is -2.42. The second-order valence-electron chi connectivity index (χ2n) is 9.19. The molecule has 0 spiro atoms. The van der Waals surface area contributed by atoms with Gasteiger partial charge in [-0.3, -0.25) is 9.69 Å². The van der Waals surface area contributed by atoms with Crippen LogP contribution in [0.25, 0.3) is 22.3 Å². The van der Waals surface area contributed by atoms with Crippen molar-refractivity contribution in [3.8, 4) is 11.3 Å². The minimum Gasteiger partial charge on any atom is -0.383 e. The molecule has 2 aromatic carbocycles. The van der Waals surface area contributed by atoms with E-state index < -0.39 is 23.8 Å². The molecule has 1 aliphatic heterocycles. The largest absolute Gasteiger partial charge is 0.383 e. The predicted molar refractivity (Wildman–Crippen MR) is 139 cm³/mol. The molecule has 0 bridgehead atoms. The minimum atomic E-state index is -0.790. The first kappa shape index (κ1) is 25.4. The third-order valence-corrected chi connectivity index (χ3v) is 6.73. The third kappa shape index (κ3) is 4.98. The van der Waals surface area contributed by atoms with Crippen LogP contribution in [0.3, 0.4) is 0 Å². The topological polar surface area (TPSA) is 122 Å². The van der Waals surface area contributed by atoms with Gasteiger partial charge < -0.3 is 16.2 Å². The molecule has 4 N–H and O–H groups in total. The number of anilines is 1. The SMILES string of the molecule is C=CC(O)N1CCC[C@@H](n2nc(-c3ccc(CNC(=O)c4cc(F)ccc4F)cc3)c3c(N)ncnc32)C1. The molecule has 0 aliphatic carbocycles. The van der Waals surface area contributed by atoms with Gasteiger partial charge in [-0.25, -0.2) is 23.4 Å². The maximum Gasteiger partial charge on any atom is 0.254 e. The summed E-state index contributed by atoms with van der Waals surface area (Å²) in [5.41, 5.74) is 8.67. The minimum absolute atomic E-state index is 0.0263. The molecule has 1 saturated heterocycles. The number of carbonyl (C=O) groups is 1. The van der Waals surface area contributed by atoms with E-state index in [-0.39, 0.29) is 18.2 Å². The molecule has 1 unspecified atom stereocenters. The molecular weight excluding hydrogens is 492 g/mol. The van der Waals surface area contributed by atoms with Crippen molar-refractivity contribution in [2.75, 3.05) is 18.8 Å². The molecule has 2 atom stereocenters. The van der Waals surface area contributed by atoms with Crippen LogP contribution in [-0.4, -0.2) is 55.0 Å². The summed E-state index contributed by atoms with van der Waals surface area (Å²) >= 11 is 0. The van der Waals surface area contributed by atoms with E-state index >= 15 is 0 Å². The molecule has 1 fully saturated rings. The number of aliphatic hydroxyl groups is 1. The summed E-state index contributed by atoms with van der Waals surface area (Å²) in [7, 11) is 0. The van der Waals surface area contributed by atoms with E-state index in [0.29, 0.717) is 29.1 Å². The summed E-state index contributed by atoms with van der Waals surface area (Å²) in [6, 6.07) is 10.0. The monoisotopic (exact) mass is 519 g/mol. The number of halogens is 2. The number of aliphatic hydroxyl groups excluding tert-OH is 1. The zero-order chi connectivity index (χ0) is 26.8. The second kappa shape index (κ2) is 10.6. The summed E-state index contributed by atoms with van der Waals surface area (Å²) in [4.78, 5) is 22.9. The smallest absolute Gasteiger partial charge is 0.254 e. The van der Waals surface area contributed by atoms with E-state index in [1.165, 1.54) is 12.4 Å². The Hall–Kier alpha value is -4.22. The van der Waals surface area contributed by atoms with Gasteiger partial charge >= 0.3 is 0 Å². The highest BCUT2D eigenvalue weighted by Crippen LogP contribution is 2.34. The van der Waals surface area contributed by atoms with Gasteiger partial charge in [-0.05, 0) is 42.7 Å². The van der Waals surface area contributed by atoms with Gasteiger partial charge in [0.25, 0.3) is 5.91 Å². The first-order valence-electron chi connectivity index (χ1n) is 12.2. The Kier molecular flexibility index (Phi) is 7.12. The molecule has 3 heterocycles. The van der Waals surface area contributed by atoms with Gasteiger partial charge in [0, 0.05) is 25.2 Å². The Morgan fingerprint density at radius 1 is 1.24 bits per heavy atom. The standard InChI is InChI=1S/C27H27F2N7O2/c1-2-22(37)35-11-3-4-19(14-35)36-26-23(25(30)32-15-33-26)24(34-36)17-7-5-16(6-8-17)13-31-27(38)20-12-18(28)9-10-21(20)29/h2,5-10,12,15,19,22,37H,1,3-4,11,13-14H2,(H,31,38)(H2,30,32,33)/t19-,22?/m1/s1. The van der Waals surface area contributed by atoms with Crippen molar-refractivity contribution in [1.29, 1.82) is 0 Å². The van der Waals surface area contributed by atoms with Crippen molar-refractivity contribution in [3.63, 3.8) is 0 Å². The number of carbonyl (C=O) groups excluding carboxylic acids is 1. The van der Waals surface area contributed by atoms with Gasteiger partial charge in [0.1, 0.15) is 35.7 Å². The maximum atomic E-state index is 13.9. The number of nitrogens with zero attached hydrogens (tertiary/aromatic N) is 5. The van der Waals surface area contributed by atoms with Gasteiger partial charge in [-0.2, -0.15) is 5.10 Å². The fraction of sp³-hybridized carbons (Fsp3) is 0.259.